The van der Waals surface area contributed by atoms with Gasteiger partial charge in [-0.25, -0.2) is 10.0 Å². The van der Waals surface area contributed by atoms with Crippen molar-refractivity contribution in [1.29, 1.82) is 0 Å². The normalized spacial score (nSPS) is 11.2. The third kappa shape index (κ3) is 3.48. The van der Waals surface area contributed by atoms with Crippen molar-refractivity contribution in [3.63, 3.8) is 0 Å². The first-order valence-corrected chi connectivity index (χ1v) is 5.20. The summed E-state index contributed by atoms with van der Waals surface area (Å²) in [5.74, 6) is 0. The number of hydrazine groups is 1. The van der Waals surface area contributed by atoms with Crippen LogP contribution in [0.15, 0.2) is 30.3 Å². The molecule has 0 N–H and O–H groups in total. The summed E-state index contributed by atoms with van der Waals surface area (Å²) >= 11 is 0. The van der Waals surface area contributed by atoms with Crippen LogP contribution in [-0.4, -0.2) is 30.7 Å². The highest BCUT2D eigenvalue weighted by Crippen LogP contribution is 2.05. The van der Waals surface area contributed by atoms with Gasteiger partial charge in [-0.05, 0) is 12.0 Å². The minimum absolute atomic E-state index is 1.00. The van der Waals surface area contributed by atoms with E-state index in [2.05, 4.69) is 61.4 Å². The van der Waals surface area contributed by atoms with Crippen molar-refractivity contribution in [2.24, 2.45) is 0 Å². The second kappa shape index (κ2) is 5.78. The molecular formula is C12H20N2. The summed E-state index contributed by atoms with van der Waals surface area (Å²) < 4.78 is 0. The van der Waals surface area contributed by atoms with E-state index in [-0.39, 0.29) is 0 Å². The topological polar surface area (TPSA) is 6.48 Å². The van der Waals surface area contributed by atoms with Gasteiger partial charge in [0, 0.05) is 27.2 Å². The lowest BCUT2D eigenvalue weighted by molar-refractivity contribution is 0.0164. The summed E-state index contributed by atoms with van der Waals surface area (Å²) in [4.78, 5) is 0. The van der Waals surface area contributed by atoms with Crippen molar-refractivity contribution in [3.05, 3.63) is 35.9 Å². The third-order valence-corrected chi connectivity index (χ3v) is 2.26. The second-order valence-electron chi connectivity index (χ2n) is 3.72. The summed E-state index contributed by atoms with van der Waals surface area (Å²) in [6.45, 7) is 4.32. The zero-order chi connectivity index (χ0) is 10.4. The number of hydrogen-bond acceptors (Lipinski definition) is 2. The summed E-state index contributed by atoms with van der Waals surface area (Å²) in [5.41, 5.74) is 1.37. The minimum atomic E-state index is 1.00. The quantitative estimate of drug-likeness (QED) is 0.661. The molecule has 1 rings (SSSR count). The summed E-state index contributed by atoms with van der Waals surface area (Å²) in [6.07, 6.45) is 1.19. The van der Waals surface area contributed by atoms with E-state index in [9.17, 15) is 0 Å². The van der Waals surface area contributed by atoms with Crippen molar-refractivity contribution < 1.29 is 0 Å². The molecule has 2 nitrogen and oxygen atoms in total. The molecule has 0 fully saturated rings. The molecule has 0 aromatic heterocycles. The SMILES string of the molecule is CCCN(Cc1ccccc1)N(C)C. The van der Waals surface area contributed by atoms with E-state index < -0.39 is 0 Å². The smallest absolute Gasteiger partial charge is 0.0383 e. The number of rotatable bonds is 5. The molecule has 1 aromatic rings. The van der Waals surface area contributed by atoms with Crippen molar-refractivity contribution in [1.82, 2.24) is 10.0 Å². The maximum Gasteiger partial charge on any atom is 0.0383 e. The Labute approximate surface area is 87.1 Å². The Kier molecular flexibility index (Phi) is 4.63. The van der Waals surface area contributed by atoms with Crippen molar-refractivity contribution in [3.8, 4) is 0 Å². The maximum absolute atomic E-state index is 2.34. The zero-order valence-electron chi connectivity index (χ0n) is 9.40. The Morgan fingerprint density at radius 3 is 2.21 bits per heavy atom. The van der Waals surface area contributed by atoms with Crippen LogP contribution in [0.4, 0.5) is 0 Å². The Balaban J connectivity index is 2.55. The zero-order valence-corrected chi connectivity index (χ0v) is 9.40. The molecule has 0 saturated heterocycles. The van der Waals surface area contributed by atoms with Gasteiger partial charge in [-0.1, -0.05) is 37.3 Å². The Morgan fingerprint density at radius 2 is 1.71 bits per heavy atom. The van der Waals surface area contributed by atoms with E-state index >= 15 is 0 Å². The van der Waals surface area contributed by atoms with Crippen molar-refractivity contribution in [2.75, 3.05) is 20.6 Å². The number of benzene rings is 1. The van der Waals surface area contributed by atoms with Gasteiger partial charge in [0.2, 0.25) is 0 Å². The van der Waals surface area contributed by atoms with E-state index in [0.717, 1.165) is 13.1 Å². The van der Waals surface area contributed by atoms with Gasteiger partial charge in [-0.15, -0.1) is 0 Å². The molecule has 0 heterocycles. The molecule has 0 aliphatic carbocycles. The van der Waals surface area contributed by atoms with Gasteiger partial charge >= 0.3 is 0 Å². The Bertz CT molecular complexity index is 244. The van der Waals surface area contributed by atoms with Crippen LogP contribution in [0.5, 0.6) is 0 Å². The van der Waals surface area contributed by atoms with Crippen LogP contribution in [0.1, 0.15) is 18.9 Å². The van der Waals surface area contributed by atoms with Gasteiger partial charge in [0.1, 0.15) is 0 Å². The molecule has 0 radical (unpaired) electrons. The standard InChI is InChI=1S/C12H20N2/c1-4-10-14(13(2)3)11-12-8-6-5-7-9-12/h5-9H,4,10-11H2,1-3H3. The molecule has 0 spiro atoms. The molecule has 14 heavy (non-hydrogen) atoms. The first-order valence-electron chi connectivity index (χ1n) is 5.20. The van der Waals surface area contributed by atoms with E-state index in [1.807, 2.05) is 0 Å². The predicted molar refractivity (Wildman–Crippen MR) is 60.8 cm³/mol. The molecule has 2 heteroatoms. The summed E-state index contributed by atoms with van der Waals surface area (Å²) in [6, 6.07) is 10.6. The fourth-order valence-corrected chi connectivity index (χ4v) is 1.47. The molecule has 0 amide bonds. The van der Waals surface area contributed by atoms with Crippen molar-refractivity contribution >= 4 is 0 Å². The Hall–Kier alpha value is -0.860. The molecule has 1 aromatic carbocycles. The van der Waals surface area contributed by atoms with Crippen LogP contribution < -0.4 is 0 Å². The predicted octanol–water partition coefficient (Wildman–Crippen LogP) is 2.38. The summed E-state index contributed by atoms with van der Waals surface area (Å²) in [5, 5.41) is 4.51. The third-order valence-electron chi connectivity index (χ3n) is 2.26. The van der Waals surface area contributed by atoms with Crippen LogP contribution in [0.2, 0.25) is 0 Å². The molecule has 0 aliphatic heterocycles. The molecule has 0 bridgehead atoms. The largest absolute Gasteiger partial charge is 0.248 e. The highest BCUT2D eigenvalue weighted by molar-refractivity contribution is 5.14. The molecular weight excluding hydrogens is 172 g/mol. The van der Waals surface area contributed by atoms with E-state index in [0.29, 0.717) is 0 Å². The van der Waals surface area contributed by atoms with Gasteiger partial charge in [-0.2, -0.15) is 0 Å². The Morgan fingerprint density at radius 1 is 1.07 bits per heavy atom. The van der Waals surface area contributed by atoms with Gasteiger partial charge in [0.05, 0.1) is 0 Å². The fraction of sp³-hybridized carbons (Fsp3) is 0.500. The van der Waals surface area contributed by atoms with Crippen LogP contribution in [0.3, 0.4) is 0 Å². The molecule has 78 valence electrons. The highest BCUT2D eigenvalue weighted by Gasteiger charge is 2.05. The van der Waals surface area contributed by atoms with Gasteiger partial charge in [0.15, 0.2) is 0 Å². The maximum atomic E-state index is 2.34. The first kappa shape index (κ1) is 11.2. The van der Waals surface area contributed by atoms with E-state index in [4.69, 9.17) is 0 Å². The first-order chi connectivity index (χ1) is 6.74. The molecule has 0 aliphatic rings. The minimum Gasteiger partial charge on any atom is -0.248 e. The molecule has 0 atom stereocenters. The molecule has 0 saturated carbocycles. The van der Waals surface area contributed by atoms with Gasteiger partial charge in [-0.3, -0.25) is 0 Å². The average molecular weight is 192 g/mol. The van der Waals surface area contributed by atoms with Crippen molar-refractivity contribution in [2.45, 2.75) is 19.9 Å². The lowest BCUT2D eigenvalue weighted by atomic mass is 10.2. The van der Waals surface area contributed by atoms with E-state index in [1.54, 1.807) is 0 Å². The fourth-order valence-electron chi connectivity index (χ4n) is 1.47. The lowest BCUT2D eigenvalue weighted by Gasteiger charge is -2.28. The molecule has 0 unspecified atom stereocenters. The van der Waals surface area contributed by atoms with Gasteiger partial charge < -0.3 is 0 Å². The average Bonchev–Trinajstić information content (AvgIpc) is 2.18. The van der Waals surface area contributed by atoms with E-state index in [1.165, 1.54) is 12.0 Å². The van der Waals surface area contributed by atoms with Gasteiger partial charge in [0.25, 0.3) is 0 Å². The van der Waals surface area contributed by atoms with Crippen LogP contribution in [-0.2, 0) is 6.54 Å². The summed E-state index contributed by atoms with van der Waals surface area (Å²) in [7, 11) is 4.19. The van der Waals surface area contributed by atoms with Crippen LogP contribution >= 0.6 is 0 Å². The number of hydrogen-bond donors (Lipinski definition) is 0. The monoisotopic (exact) mass is 192 g/mol. The number of nitrogens with zero attached hydrogens (tertiary/aromatic N) is 2. The highest BCUT2D eigenvalue weighted by atomic mass is 15.6. The lowest BCUT2D eigenvalue weighted by Crippen LogP contribution is -2.36. The second-order valence-corrected chi connectivity index (χ2v) is 3.72. The van der Waals surface area contributed by atoms with Crippen LogP contribution in [0, 0.1) is 0 Å². The van der Waals surface area contributed by atoms with Crippen LogP contribution in [0.25, 0.3) is 0 Å².